The Labute approximate surface area is 221 Å². The third-order valence-electron chi connectivity index (χ3n) is 5.11. The molecule has 0 aliphatic rings. The molecule has 37 heavy (non-hydrogen) atoms. The average Bonchev–Trinajstić information content (AvgIpc) is 3.40. The minimum atomic E-state index is -0.841. The van der Waals surface area contributed by atoms with Crippen LogP contribution in [-0.4, -0.2) is 35.0 Å². The van der Waals surface area contributed by atoms with Gasteiger partial charge in [0.2, 0.25) is 0 Å². The lowest BCUT2D eigenvalue weighted by atomic mass is 10.2. The van der Waals surface area contributed by atoms with Crippen molar-refractivity contribution in [2.45, 2.75) is 6.54 Å². The Kier molecular flexibility index (Phi) is 8.44. The molecule has 1 aromatic heterocycles. The maximum atomic E-state index is 13.1. The molecule has 0 fully saturated rings. The number of carbonyl (C=O) groups is 2. The summed E-state index contributed by atoms with van der Waals surface area (Å²) in [5.74, 6) is -1.40. The monoisotopic (exact) mass is 537 g/mol. The summed E-state index contributed by atoms with van der Waals surface area (Å²) < 4.78 is 10.3. The van der Waals surface area contributed by atoms with E-state index in [0.29, 0.717) is 15.8 Å². The lowest BCUT2D eigenvalue weighted by Crippen LogP contribution is -2.34. The molecule has 0 radical (unpaired) electrons. The number of nitrogens with zero attached hydrogens (tertiary/aromatic N) is 3. The van der Waals surface area contributed by atoms with Gasteiger partial charge in [0, 0.05) is 22.0 Å². The van der Waals surface area contributed by atoms with E-state index in [0.717, 1.165) is 11.1 Å². The number of aromatic nitrogens is 1. The first kappa shape index (κ1) is 25.8. The van der Waals surface area contributed by atoms with Crippen molar-refractivity contribution in [2.24, 2.45) is 0 Å². The highest BCUT2D eigenvalue weighted by molar-refractivity contribution is 7.14. The van der Waals surface area contributed by atoms with Gasteiger partial charge in [-0.1, -0.05) is 66.2 Å². The molecule has 9 nitrogen and oxygen atoms in total. The van der Waals surface area contributed by atoms with Gasteiger partial charge in [-0.05, 0) is 23.8 Å². The van der Waals surface area contributed by atoms with Gasteiger partial charge in [-0.3, -0.25) is 19.8 Å². The zero-order valence-electron chi connectivity index (χ0n) is 19.3. The van der Waals surface area contributed by atoms with Gasteiger partial charge >= 0.3 is 11.7 Å². The Morgan fingerprint density at radius 2 is 1.68 bits per heavy atom. The Morgan fingerprint density at radius 1 is 0.973 bits per heavy atom. The molecule has 0 N–H and O–H groups in total. The Balaban J connectivity index is 1.44. The molecule has 0 atom stereocenters. The second-order valence-corrected chi connectivity index (χ2v) is 8.93. The van der Waals surface area contributed by atoms with Crippen LogP contribution in [0.1, 0.15) is 5.56 Å². The molecule has 4 aromatic rings. The quantitative estimate of drug-likeness (QED) is 0.148. The molecule has 11 heteroatoms. The molecule has 0 saturated carbocycles. The first-order valence-electron chi connectivity index (χ1n) is 11.0. The molecular formula is C26H20ClN3O6S. The minimum absolute atomic E-state index is 0.0704. The summed E-state index contributed by atoms with van der Waals surface area (Å²) in [6.07, 6.45) is 0. The van der Waals surface area contributed by atoms with E-state index < -0.39 is 30.0 Å². The third-order valence-corrected chi connectivity index (χ3v) is 6.23. The lowest BCUT2D eigenvalue weighted by Gasteiger charge is -2.20. The van der Waals surface area contributed by atoms with Crippen molar-refractivity contribution in [1.82, 2.24) is 4.98 Å². The third kappa shape index (κ3) is 6.90. The van der Waals surface area contributed by atoms with Crippen molar-refractivity contribution in [1.29, 1.82) is 0 Å². The number of rotatable bonds is 10. The predicted octanol–water partition coefficient (Wildman–Crippen LogP) is 5.53. The minimum Gasteiger partial charge on any atom is -0.475 e. The van der Waals surface area contributed by atoms with Crippen molar-refractivity contribution in [2.75, 3.05) is 18.1 Å². The fourth-order valence-corrected chi connectivity index (χ4v) is 4.27. The van der Waals surface area contributed by atoms with Crippen molar-refractivity contribution >= 4 is 45.6 Å². The SMILES string of the molecule is O=C(COc1ccccc1[N+](=O)[O-])OCC(=O)N(Cc1ccccc1)c1nc(-c2ccc(Cl)cc2)cs1. The number of para-hydroxylation sites is 2. The maximum Gasteiger partial charge on any atom is 0.344 e. The Morgan fingerprint density at radius 3 is 2.41 bits per heavy atom. The van der Waals surface area contributed by atoms with Crippen LogP contribution in [0.5, 0.6) is 5.75 Å². The van der Waals surface area contributed by atoms with E-state index in [4.69, 9.17) is 21.1 Å². The number of benzene rings is 3. The summed E-state index contributed by atoms with van der Waals surface area (Å²) in [4.78, 5) is 41.9. The summed E-state index contributed by atoms with van der Waals surface area (Å²) in [5, 5.41) is 14.0. The standard InChI is InChI=1S/C26H20ClN3O6S/c27-20-12-10-19(11-13-20)21-17-37-26(28-21)29(14-18-6-2-1-3-7-18)24(31)15-36-25(32)16-35-23-9-5-4-8-22(23)30(33)34/h1-13,17H,14-16H2. The Hall–Kier alpha value is -4.28. The van der Waals surface area contributed by atoms with Gasteiger partial charge in [0.15, 0.2) is 24.1 Å². The van der Waals surface area contributed by atoms with Crippen molar-refractivity contribution in [3.05, 3.63) is 105 Å². The molecule has 1 heterocycles. The molecule has 0 aliphatic carbocycles. The smallest absolute Gasteiger partial charge is 0.344 e. The number of anilines is 1. The number of hydrogen-bond acceptors (Lipinski definition) is 8. The summed E-state index contributed by atoms with van der Waals surface area (Å²) in [6.45, 7) is -0.923. The highest BCUT2D eigenvalue weighted by atomic mass is 35.5. The van der Waals surface area contributed by atoms with Gasteiger partial charge in [-0.25, -0.2) is 9.78 Å². The summed E-state index contributed by atoms with van der Waals surface area (Å²) in [6, 6.07) is 22.2. The highest BCUT2D eigenvalue weighted by Gasteiger charge is 2.22. The van der Waals surface area contributed by atoms with E-state index in [1.54, 1.807) is 18.2 Å². The van der Waals surface area contributed by atoms with Crippen molar-refractivity contribution < 1.29 is 24.0 Å². The van der Waals surface area contributed by atoms with Crippen molar-refractivity contribution in [3.8, 4) is 17.0 Å². The molecular weight excluding hydrogens is 518 g/mol. The zero-order valence-corrected chi connectivity index (χ0v) is 20.9. The molecule has 0 saturated heterocycles. The fourth-order valence-electron chi connectivity index (χ4n) is 3.30. The molecule has 0 bridgehead atoms. The van der Waals surface area contributed by atoms with Crippen LogP contribution in [0.3, 0.4) is 0 Å². The van der Waals surface area contributed by atoms with Gasteiger partial charge in [-0.2, -0.15) is 0 Å². The molecule has 0 spiro atoms. The van der Waals surface area contributed by atoms with Gasteiger partial charge in [0.1, 0.15) is 0 Å². The average molecular weight is 538 g/mol. The van der Waals surface area contributed by atoms with Crippen LogP contribution in [0.2, 0.25) is 5.02 Å². The number of esters is 1. The summed E-state index contributed by atoms with van der Waals surface area (Å²) >= 11 is 7.26. The predicted molar refractivity (Wildman–Crippen MR) is 140 cm³/mol. The topological polar surface area (TPSA) is 112 Å². The van der Waals surface area contributed by atoms with E-state index in [2.05, 4.69) is 4.98 Å². The normalized spacial score (nSPS) is 10.5. The van der Waals surface area contributed by atoms with Gasteiger partial charge in [0.25, 0.3) is 5.91 Å². The molecule has 1 amide bonds. The number of amides is 1. The molecule has 4 rings (SSSR count). The van der Waals surface area contributed by atoms with Crippen molar-refractivity contribution in [3.63, 3.8) is 0 Å². The zero-order chi connectivity index (χ0) is 26.2. The maximum absolute atomic E-state index is 13.1. The number of nitro benzene ring substituents is 1. The summed E-state index contributed by atoms with van der Waals surface area (Å²) in [5.41, 5.74) is 2.11. The van der Waals surface area contributed by atoms with Gasteiger partial charge in [0.05, 0.1) is 17.2 Å². The van der Waals surface area contributed by atoms with E-state index in [1.165, 1.54) is 34.4 Å². The number of hydrogen-bond donors (Lipinski definition) is 0. The van der Waals surface area contributed by atoms with E-state index in [1.807, 2.05) is 47.8 Å². The number of nitro groups is 1. The Bertz CT molecular complexity index is 1390. The van der Waals surface area contributed by atoms with Crippen LogP contribution in [0.4, 0.5) is 10.8 Å². The van der Waals surface area contributed by atoms with Gasteiger partial charge < -0.3 is 9.47 Å². The van der Waals surface area contributed by atoms with Crippen LogP contribution >= 0.6 is 22.9 Å². The second-order valence-electron chi connectivity index (χ2n) is 7.66. The lowest BCUT2D eigenvalue weighted by molar-refractivity contribution is -0.385. The molecule has 0 aliphatic heterocycles. The number of carbonyl (C=O) groups excluding carboxylic acids is 2. The number of ether oxygens (including phenoxy) is 2. The van der Waals surface area contributed by atoms with E-state index in [-0.39, 0.29) is 18.0 Å². The van der Waals surface area contributed by atoms with Crippen LogP contribution in [0, 0.1) is 10.1 Å². The van der Waals surface area contributed by atoms with Gasteiger partial charge in [-0.15, -0.1) is 11.3 Å². The van der Waals surface area contributed by atoms with E-state index in [9.17, 15) is 19.7 Å². The van der Waals surface area contributed by atoms with Crippen LogP contribution in [0.15, 0.2) is 84.2 Å². The van der Waals surface area contributed by atoms with Crippen LogP contribution < -0.4 is 9.64 Å². The first-order valence-corrected chi connectivity index (χ1v) is 12.2. The molecule has 0 unspecified atom stereocenters. The number of thiazole rings is 1. The van der Waals surface area contributed by atoms with Crippen LogP contribution in [0.25, 0.3) is 11.3 Å². The summed E-state index contributed by atoms with van der Waals surface area (Å²) in [7, 11) is 0. The van der Waals surface area contributed by atoms with E-state index >= 15 is 0 Å². The second kappa shape index (κ2) is 12.1. The van der Waals surface area contributed by atoms with Crippen LogP contribution in [-0.2, 0) is 20.9 Å². The fraction of sp³-hybridized carbons (Fsp3) is 0.115. The first-order chi connectivity index (χ1) is 17.9. The largest absolute Gasteiger partial charge is 0.475 e. The number of halogens is 1. The molecule has 3 aromatic carbocycles. The highest BCUT2D eigenvalue weighted by Crippen LogP contribution is 2.29. The molecule has 188 valence electrons.